The van der Waals surface area contributed by atoms with Crippen molar-refractivity contribution < 1.29 is 14.0 Å². The average molecular weight is 366 g/mol. The molecule has 0 unspecified atom stereocenters. The van der Waals surface area contributed by atoms with E-state index in [1.807, 2.05) is 24.3 Å². The molecule has 3 aromatic heterocycles. The zero-order chi connectivity index (χ0) is 18.1. The number of furan rings is 1. The molecule has 0 aliphatic heterocycles. The highest BCUT2D eigenvalue weighted by atomic mass is 32.2. The van der Waals surface area contributed by atoms with Crippen LogP contribution in [-0.4, -0.2) is 36.9 Å². The highest BCUT2D eigenvalue weighted by molar-refractivity contribution is 7.99. The van der Waals surface area contributed by atoms with Gasteiger partial charge in [-0.25, -0.2) is 9.97 Å². The Morgan fingerprint density at radius 3 is 2.77 bits per heavy atom. The van der Waals surface area contributed by atoms with Gasteiger partial charge in [-0.15, -0.1) is 5.10 Å². The summed E-state index contributed by atoms with van der Waals surface area (Å²) in [6.45, 7) is 1.40. The minimum atomic E-state index is -0.145. The number of benzene rings is 1. The van der Waals surface area contributed by atoms with Gasteiger partial charge in [0, 0.05) is 5.39 Å². The number of rotatable bonds is 6. The summed E-state index contributed by atoms with van der Waals surface area (Å²) in [4.78, 5) is 32.2. The second kappa shape index (κ2) is 6.72. The Balaban J connectivity index is 1.80. The lowest BCUT2D eigenvalue weighted by atomic mass is 10.2. The smallest absolute Gasteiger partial charge is 0.218 e. The molecule has 0 fully saturated rings. The Morgan fingerprint density at radius 2 is 2.00 bits per heavy atom. The van der Waals surface area contributed by atoms with Gasteiger partial charge in [0.25, 0.3) is 0 Å². The number of hydrogen-bond acceptors (Lipinski definition) is 7. The van der Waals surface area contributed by atoms with Crippen LogP contribution in [0.3, 0.4) is 0 Å². The lowest BCUT2D eigenvalue weighted by Gasteiger charge is -2.05. The number of ketones is 2. The summed E-state index contributed by atoms with van der Waals surface area (Å²) in [5.74, 6) is 0.868. The Kier molecular flexibility index (Phi) is 4.26. The van der Waals surface area contributed by atoms with Gasteiger partial charge in [0.15, 0.2) is 22.3 Å². The molecule has 0 amide bonds. The lowest BCUT2D eigenvalue weighted by molar-refractivity contribution is -0.124. The van der Waals surface area contributed by atoms with Crippen molar-refractivity contribution in [2.75, 3.05) is 5.75 Å². The zero-order valence-corrected chi connectivity index (χ0v) is 14.7. The van der Waals surface area contributed by atoms with E-state index in [1.54, 1.807) is 22.9 Å². The molecule has 0 saturated carbocycles. The number of para-hydroxylation sites is 1. The Hall–Kier alpha value is -3.00. The molecule has 0 aliphatic rings. The highest BCUT2D eigenvalue weighted by Gasteiger charge is 2.17. The highest BCUT2D eigenvalue weighted by Crippen LogP contribution is 2.26. The Bertz CT molecular complexity index is 1120. The third-order valence-electron chi connectivity index (χ3n) is 3.70. The normalized spacial score (nSPS) is 11.3. The summed E-state index contributed by atoms with van der Waals surface area (Å²) in [5, 5.41) is 5.90. The molecule has 7 nitrogen and oxygen atoms in total. The van der Waals surface area contributed by atoms with Gasteiger partial charge < -0.3 is 4.42 Å². The molecule has 0 radical (unpaired) electrons. The summed E-state index contributed by atoms with van der Waals surface area (Å²) in [6, 6.07) is 11.2. The van der Waals surface area contributed by atoms with Crippen molar-refractivity contribution in [2.24, 2.45) is 0 Å². The molecule has 0 atom stereocenters. The fraction of sp³-hybridized carbons (Fsp3) is 0.167. The first-order valence-electron chi connectivity index (χ1n) is 7.95. The number of carbonyl (C=O) groups excluding carboxylic acids is 2. The first kappa shape index (κ1) is 16.5. The maximum Gasteiger partial charge on any atom is 0.218 e. The summed E-state index contributed by atoms with van der Waals surface area (Å²) < 4.78 is 7.00. The molecule has 3 heterocycles. The van der Waals surface area contributed by atoms with Gasteiger partial charge in [-0.1, -0.05) is 23.9 Å². The lowest BCUT2D eigenvalue weighted by Crippen LogP contribution is -2.08. The number of nitrogens with zero attached hydrogens (tertiary/aromatic N) is 4. The maximum absolute atomic E-state index is 11.9. The number of carbonyl (C=O) groups is 2. The molecular formula is C18H14N4O3S. The Labute approximate surface area is 152 Å². The summed E-state index contributed by atoms with van der Waals surface area (Å²) in [6.07, 6.45) is 1.49. The van der Waals surface area contributed by atoms with Gasteiger partial charge in [0.1, 0.15) is 5.78 Å². The van der Waals surface area contributed by atoms with Crippen LogP contribution in [0.15, 0.2) is 52.2 Å². The van der Waals surface area contributed by atoms with E-state index in [0.29, 0.717) is 22.4 Å². The molecular weight excluding hydrogens is 352 g/mol. The van der Waals surface area contributed by atoms with Crippen molar-refractivity contribution in [3.8, 4) is 11.6 Å². The van der Waals surface area contributed by atoms with E-state index in [2.05, 4.69) is 15.1 Å². The van der Waals surface area contributed by atoms with Crippen LogP contribution >= 0.6 is 11.8 Å². The second-order valence-electron chi connectivity index (χ2n) is 5.77. The van der Waals surface area contributed by atoms with Crippen LogP contribution in [-0.2, 0) is 9.59 Å². The standard InChI is InChI=1S/C18H14N4O3S/c1-11(23)9-12(24)10-26-18-19-14-6-3-2-5-13(14)17-20-16(21-22(17)18)15-7-4-8-25-15/h2-8H,9-10H2,1H3. The van der Waals surface area contributed by atoms with Gasteiger partial charge in [0.2, 0.25) is 5.82 Å². The zero-order valence-electron chi connectivity index (χ0n) is 13.9. The molecule has 0 spiro atoms. The third kappa shape index (κ3) is 3.11. The molecule has 26 heavy (non-hydrogen) atoms. The molecule has 130 valence electrons. The number of hydrogen-bond donors (Lipinski definition) is 0. The van der Waals surface area contributed by atoms with Crippen molar-refractivity contribution in [1.82, 2.24) is 19.6 Å². The number of thioether (sulfide) groups is 1. The molecule has 0 saturated heterocycles. The molecule has 4 aromatic rings. The first-order chi connectivity index (χ1) is 12.6. The molecule has 8 heteroatoms. The number of fused-ring (bicyclic) bond motifs is 3. The summed E-state index contributed by atoms with van der Waals surface area (Å²) >= 11 is 1.24. The van der Waals surface area contributed by atoms with Crippen molar-refractivity contribution >= 4 is 39.9 Å². The van der Waals surface area contributed by atoms with Crippen LogP contribution in [0.4, 0.5) is 0 Å². The monoisotopic (exact) mass is 366 g/mol. The minimum absolute atomic E-state index is 0.0707. The maximum atomic E-state index is 11.9. The van der Waals surface area contributed by atoms with E-state index < -0.39 is 0 Å². The van der Waals surface area contributed by atoms with E-state index in [9.17, 15) is 9.59 Å². The van der Waals surface area contributed by atoms with Crippen molar-refractivity contribution in [3.63, 3.8) is 0 Å². The van der Waals surface area contributed by atoms with Gasteiger partial charge >= 0.3 is 0 Å². The minimum Gasteiger partial charge on any atom is -0.461 e. The second-order valence-corrected chi connectivity index (χ2v) is 6.71. The van der Waals surface area contributed by atoms with E-state index in [0.717, 1.165) is 10.9 Å². The molecule has 0 aliphatic carbocycles. The Morgan fingerprint density at radius 1 is 1.15 bits per heavy atom. The predicted octanol–water partition coefficient (Wildman–Crippen LogP) is 3.18. The van der Waals surface area contributed by atoms with Crippen molar-refractivity contribution in [2.45, 2.75) is 18.5 Å². The van der Waals surface area contributed by atoms with Crippen LogP contribution < -0.4 is 0 Å². The topological polar surface area (TPSA) is 90.4 Å². The van der Waals surface area contributed by atoms with Crippen molar-refractivity contribution in [3.05, 3.63) is 42.7 Å². The van der Waals surface area contributed by atoms with Gasteiger partial charge in [0.05, 0.1) is 24.0 Å². The molecule has 0 bridgehead atoms. The molecule has 1 aromatic carbocycles. The van der Waals surface area contributed by atoms with E-state index in [-0.39, 0.29) is 23.7 Å². The summed E-state index contributed by atoms with van der Waals surface area (Å²) in [7, 11) is 0. The quantitative estimate of drug-likeness (QED) is 0.294. The van der Waals surface area contributed by atoms with Gasteiger partial charge in [-0.3, -0.25) is 9.59 Å². The number of aromatic nitrogens is 4. The van der Waals surface area contributed by atoms with E-state index >= 15 is 0 Å². The molecule has 4 rings (SSSR count). The van der Waals surface area contributed by atoms with Gasteiger partial charge in [-0.05, 0) is 31.2 Å². The average Bonchev–Trinajstić information content (AvgIpc) is 3.28. The van der Waals surface area contributed by atoms with E-state index in [1.165, 1.54) is 18.7 Å². The van der Waals surface area contributed by atoms with Gasteiger partial charge in [-0.2, -0.15) is 4.52 Å². The SMILES string of the molecule is CC(=O)CC(=O)CSc1nc2ccccc2c2nc(-c3ccco3)nn12. The fourth-order valence-corrected chi connectivity index (χ4v) is 3.41. The van der Waals surface area contributed by atoms with E-state index in [4.69, 9.17) is 4.42 Å². The third-order valence-corrected chi connectivity index (χ3v) is 4.69. The molecule has 0 N–H and O–H groups in total. The predicted molar refractivity (Wildman–Crippen MR) is 97.0 cm³/mol. The van der Waals surface area contributed by atoms with Crippen LogP contribution in [0.5, 0.6) is 0 Å². The number of Topliss-reactive ketones (excluding diaryl/α,β-unsaturated/α-hetero) is 2. The summed E-state index contributed by atoms with van der Waals surface area (Å²) in [5.41, 5.74) is 1.41. The largest absolute Gasteiger partial charge is 0.461 e. The van der Waals surface area contributed by atoms with Crippen LogP contribution in [0.2, 0.25) is 0 Å². The van der Waals surface area contributed by atoms with Crippen LogP contribution in [0, 0.1) is 0 Å². The van der Waals surface area contributed by atoms with Crippen LogP contribution in [0.25, 0.3) is 28.1 Å². The fourth-order valence-electron chi connectivity index (χ4n) is 2.61. The first-order valence-corrected chi connectivity index (χ1v) is 8.94. The van der Waals surface area contributed by atoms with Crippen molar-refractivity contribution in [1.29, 1.82) is 0 Å². The van der Waals surface area contributed by atoms with Crippen LogP contribution in [0.1, 0.15) is 13.3 Å².